The number of nitrogens with zero attached hydrogens (tertiary/aromatic N) is 1. The molecule has 0 bridgehead atoms. The molecule has 1 aliphatic rings. The van der Waals surface area contributed by atoms with E-state index >= 15 is 0 Å². The van der Waals surface area contributed by atoms with Crippen LogP contribution < -0.4 is 21.3 Å². The molecular formula is C32H47N5O6. The molecule has 1 aromatic carbocycles. The highest BCUT2D eigenvalue weighted by Crippen LogP contribution is 2.26. The van der Waals surface area contributed by atoms with E-state index in [0.717, 1.165) is 0 Å². The van der Waals surface area contributed by atoms with Crippen LogP contribution in [-0.2, 0) is 19.2 Å². The zero-order valence-corrected chi connectivity index (χ0v) is 26.2. The van der Waals surface area contributed by atoms with Crippen LogP contribution in [0.1, 0.15) is 77.6 Å². The molecule has 236 valence electrons. The molecule has 5 amide bonds. The summed E-state index contributed by atoms with van der Waals surface area (Å²) >= 11 is 0. The second-order valence-corrected chi connectivity index (χ2v) is 12.3. The Balaban J connectivity index is 2.19. The van der Waals surface area contributed by atoms with E-state index in [4.69, 9.17) is 0 Å². The summed E-state index contributed by atoms with van der Waals surface area (Å²) in [6.07, 6.45) is 3.19. The fraction of sp³-hybridized carbons (Fsp3) is 0.562. The number of amides is 5. The van der Waals surface area contributed by atoms with Gasteiger partial charge in [0.2, 0.25) is 17.6 Å². The first-order valence-electron chi connectivity index (χ1n) is 14.9. The van der Waals surface area contributed by atoms with Crippen molar-refractivity contribution in [3.05, 3.63) is 48.6 Å². The van der Waals surface area contributed by atoms with E-state index in [1.54, 1.807) is 51.1 Å². The maximum Gasteiger partial charge on any atom is 0.316 e. The first-order chi connectivity index (χ1) is 20.2. The fourth-order valence-corrected chi connectivity index (χ4v) is 4.98. The molecule has 1 saturated heterocycles. The van der Waals surface area contributed by atoms with Crippen molar-refractivity contribution < 1.29 is 28.8 Å². The fourth-order valence-electron chi connectivity index (χ4n) is 4.98. The average Bonchev–Trinajstić information content (AvgIpc) is 3.46. The van der Waals surface area contributed by atoms with Gasteiger partial charge in [0.05, 0.1) is 12.1 Å². The number of urea groups is 1. The Morgan fingerprint density at radius 3 is 2.23 bits per heavy atom. The van der Waals surface area contributed by atoms with Crippen LogP contribution in [0.2, 0.25) is 0 Å². The number of hydrogen-bond acceptors (Lipinski definition) is 6. The van der Waals surface area contributed by atoms with E-state index in [0.29, 0.717) is 31.4 Å². The normalized spacial score (nSPS) is 16.9. The van der Waals surface area contributed by atoms with Gasteiger partial charge in [-0.25, -0.2) is 4.79 Å². The van der Waals surface area contributed by atoms with Crippen LogP contribution >= 0.6 is 0 Å². The zero-order chi connectivity index (χ0) is 32.3. The second kappa shape index (κ2) is 16.0. The molecule has 0 aliphatic carbocycles. The molecule has 0 aromatic heterocycles. The first-order valence-corrected chi connectivity index (χ1v) is 14.9. The number of ketones is 2. The largest absolute Gasteiger partial charge is 0.346 e. The zero-order valence-electron chi connectivity index (χ0n) is 26.2. The smallest absolute Gasteiger partial charge is 0.316 e. The Labute approximate surface area is 254 Å². The SMILES string of the molecule is C=CCNC(=O)C(=O)C(CCC)NC(=O)[C@@H]1CCCN1C(=O)C(NC(=O)NC(C(=O)c1ccccc1)C(C)C)C(C)(C)C. The number of carbonyl (C=O) groups excluding carboxylic acids is 6. The first kappa shape index (κ1) is 35.2. The van der Waals surface area contributed by atoms with Crippen molar-refractivity contribution in [1.82, 2.24) is 26.2 Å². The lowest BCUT2D eigenvalue weighted by Crippen LogP contribution is -2.61. The molecule has 0 saturated carbocycles. The van der Waals surface area contributed by atoms with Crippen LogP contribution in [0.3, 0.4) is 0 Å². The maximum atomic E-state index is 13.9. The summed E-state index contributed by atoms with van der Waals surface area (Å²) in [6.45, 7) is 14.8. The van der Waals surface area contributed by atoms with Gasteiger partial charge in [-0.3, -0.25) is 24.0 Å². The summed E-state index contributed by atoms with van der Waals surface area (Å²) in [5.41, 5.74) is -0.271. The Morgan fingerprint density at radius 2 is 1.67 bits per heavy atom. The molecular weight excluding hydrogens is 550 g/mol. The van der Waals surface area contributed by atoms with Gasteiger partial charge in [0, 0.05) is 18.7 Å². The molecule has 1 aliphatic heterocycles. The van der Waals surface area contributed by atoms with E-state index in [1.807, 2.05) is 20.8 Å². The third kappa shape index (κ3) is 9.76. The third-order valence-corrected chi connectivity index (χ3v) is 7.36. The molecule has 1 heterocycles. The van der Waals surface area contributed by atoms with Gasteiger partial charge in [-0.2, -0.15) is 0 Å². The van der Waals surface area contributed by atoms with Crippen molar-refractivity contribution in [3.8, 4) is 0 Å². The average molecular weight is 598 g/mol. The monoisotopic (exact) mass is 597 g/mol. The topological polar surface area (TPSA) is 154 Å². The summed E-state index contributed by atoms with van der Waals surface area (Å²) in [7, 11) is 0. The highest BCUT2D eigenvalue weighted by Gasteiger charge is 2.43. The predicted molar refractivity (Wildman–Crippen MR) is 164 cm³/mol. The van der Waals surface area contributed by atoms with Crippen molar-refractivity contribution in [2.45, 2.75) is 91.4 Å². The van der Waals surface area contributed by atoms with Gasteiger partial charge in [-0.1, -0.05) is 84.4 Å². The number of carbonyl (C=O) groups is 6. The standard InChI is InChI=1S/C32H47N5O6/c1-8-14-22(26(39)29(41)33-18-9-2)34-28(40)23-17-13-19-37(23)30(42)27(32(5,6)7)36-31(43)35-24(20(3)4)25(38)21-15-11-10-12-16-21/h9-12,15-16,20,22-24,27H,2,8,13-14,17-19H2,1,3-7H3,(H,33,41)(H,34,40)(H2,35,36,43)/t22?,23-,24?,27?/m0/s1. The maximum absolute atomic E-state index is 13.9. The summed E-state index contributed by atoms with van der Waals surface area (Å²) in [6, 6.07) is 4.27. The highest BCUT2D eigenvalue weighted by molar-refractivity contribution is 6.38. The van der Waals surface area contributed by atoms with Crippen LogP contribution in [0.25, 0.3) is 0 Å². The van der Waals surface area contributed by atoms with Crippen LogP contribution in [0.15, 0.2) is 43.0 Å². The highest BCUT2D eigenvalue weighted by atomic mass is 16.2. The lowest BCUT2D eigenvalue weighted by Gasteiger charge is -2.36. The Morgan fingerprint density at radius 1 is 1.02 bits per heavy atom. The minimum Gasteiger partial charge on any atom is -0.346 e. The molecule has 0 radical (unpaired) electrons. The number of nitrogens with one attached hydrogen (secondary N) is 4. The number of hydrogen-bond donors (Lipinski definition) is 4. The Kier molecular flexibility index (Phi) is 13.1. The molecule has 0 spiro atoms. The van der Waals surface area contributed by atoms with E-state index in [2.05, 4.69) is 27.8 Å². The van der Waals surface area contributed by atoms with E-state index in [9.17, 15) is 28.8 Å². The van der Waals surface area contributed by atoms with Crippen molar-refractivity contribution in [3.63, 3.8) is 0 Å². The van der Waals surface area contributed by atoms with Crippen LogP contribution in [-0.4, -0.2) is 77.5 Å². The van der Waals surface area contributed by atoms with Gasteiger partial charge in [0.1, 0.15) is 12.1 Å². The predicted octanol–water partition coefficient (Wildman–Crippen LogP) is 2.76. The second-order valence-electron chi connectivity index (χ2n) is 12.3. The van der Waals surface area contributed by atoms with Gasteiger partial charge in [-0.05, 0) is 30.6 Å². The van der Waals surface area contributed by atoms with Crippen molar-refractivity contribution in [2.24, 2.45) is 11.3 Å². The van der Waals surface area contributed by atoms with Gasteiger partial charge in [0.15, 0.2) is 5.78 Å². The van der Waals surface area contributed by atoms with E-state index in [-0.39, 0.29) is 24.7 Å². The van der Waals surface area contributed by atoms with Crippen molar-refractivity contribution in [1.29, 1.82) is 0 Å². The molecule has 1 aromatic rings. The third-order valence-electron chi connectivity index (χ3n) is 7.36. The van der Waals surface area contributed by atoms with Crippen molar-refractivity contribution in [2.75, 3.05) is 13.1 Å². The molecule has 11 heteroatoms. The summed E-state index contributed by atoms with van der Waals surface area (Å²) in [5.74, 6) is -3.01. The lowest BCUT2D eigenvalue weighted by atomic mass is 9.85. The van der Waals surface area contributed by atoms with Gasteiger partial charge >= 0.3 is 6.03 Å². The molecule has 2 rings (SSSR count). The molecule has 11 nitrogen and oxygen atoms in total. The van der Waals surface area contributed by atoms with Gasteiger partial charge < -0.3 is 26.2 Å². The molecule has 4 N–H and O–H groups in total. The van der Waals surface area contributed by atoms with E-state index < -0.39 is 59.1 Å². The van der Waals surface area contributed by atoms with E-state index in [1.165, 1.54) is 11.0 Å². The number of likely N-dealkylation sites (tertiary alicyclic amines) is 1. The van der Waals surface area contributed by atoms with Crippen LogP contribution in [0.5, 0.6) is 0 Å². The number of benzene rings is 1. The van der Waals surface area contributed by atoms with Gasteiger partial charge in [0.25, 0.3) is 5.91 Å². The molecule has 1 fully saturated rings. The Bertz CT molecular complexity index is 1180. The van der Waals surface area contributed by atoms with Crippen molar-refractivity contribution >= 4 is 35.3 Å². The number of rotatable bonds is 14. The summed E-state index contributed by atoms with van der Waals surface area (Å²) < 4.78 is 0. The lowest BCUT2D eigenvalue weighted by molar-refractivity contribution is -0.143. The summed E-state index contributed by atoms with van der Waals surface area (Å²) in [5, 5.41) is 10.6. The quantitative estimate of drug-likeness (QED) is 0.147. The van der Waals surface area contributed by atoms with Gasteiger partial charge in [-0.15, -0.1) is 6.58 Å². The van der Waals surface area contributed by atoms with Crippen LogP contribution in [0, 0.1) is 11.3 Å². The summed E-state index contributed by atoms with van der Waals surface area (Å²) in [4.78, 5) is 80.0. The Hall–Kier alpha value is -4.02. The minimum absolute atomic E-state index is 0.120. The number of Topliss-reactive ketones (excluding diaryl/α,β-unsaturated/α-hetero) is 2. The molecule has 4 atom stereocenters. The minimum atomic E-state index is -1.03. The van der Waals surface area contributed by atoms with Crippen LogP contribution in [0.4, 0.5) is 4.79 Å². The molecule has 43 heavy (non-hydrogen) atoms. The molecule has 3 unspecified atom stereocenters.